The maximum absolute atomic E-state index is 12.1. The lowest BCUT2D eigenvalue weighted by Gasteiger charge is -2.27. The lowest BCUT2D eigenvalue weighted by atomic mass is 9.81. The first-order valence-electron chi connectivity index (χ1n) is 8.29. The number of carbonyl (C=O) groups excluding carboxylic acids is 1. The third kappa shape index (κ3) is 5.94. The molecule has 2 unspecified atom stereocenters. The molecule has 5 heteroatoms. The fourth-order valence-electron chi connectivity index (χ4n) is 3.31. The highest BCUT2D eigenvalue weighted by Crippen LogP contribution is 2.31. The van der Waals surface area contributed by atoms with Crippen LogP contribution >= 0.6 is 0 Å². The van der Waals surface area contributed by atoms with Crippen LogP contribution in [0, 0.1) is 17.8 Å². The van der Waals surface area contributed by atoms with E-state index in [0.717, 1.165) is 25.2 Å². The van der Waals surface area contributed by atoms with Crippen molar-refractivity contribution in [3.8, 4) is 0 Å². The lowest BCUT2D eigenvalue weighted by molar-refractivity contribution is -0.137. The quantitative estimate of drug-likeness (QED) is 0.759. The molecule has 2 amide bonds. The van der Waals surface area contributed by atoms with E-state index in [-0.39, 0.29) is 12.6 Å². The summed E-state index contributed by atoms with van der Waals surface area (Å²) in [7, 11) is 0. The summed E-state index contributed by atoms with van der Waals surface area (Å²) in [6.45, 7) is 3.35. The zero-order chi connectivity index (χ0) is 15.2. The number of nitrogens with one attached hydrogen (secondary N) is 1. The number of urea groups is 1. The van der Waals surface area contributed by atoms with Gasteiger partial charge >= 0.3 is 12.0 Å². The predicted octanol–water partition coefficient (Wildman–Crippen LogP) is 2.71. The van der Waals surface area contributed by atoms with Crippen molar-refractivity contribution in [2.45, 2.75) is 51.9 Å². The summed E-state index contributed by atoms with van der Waals surface area (Å²) in [4.78, 5) is 24.4. The van der Waals surface area contributed by atoms with Gasteiger partial charge in [-0.05, 0) is 43.4 Å². The van der Waals surface area contributed by atoms with Crippen molar-refractivity contribution in [3.05, 3.63) is 0 Å². The molecule has 0 aromatic carbocycles. The summed E-state index contributed by atoms with van der Waals surface area (Å²) in [5.41, 5.74) is 0. The molecule has 2 fully saturated rings. The summed E-state index contributed by atoms with van der Waals surface area (Å²) in [6, 6.07) is -0.215. The molecule has 2 rings (SSSR count). The number of hydrogen-bond donors (Lipinski definition) is 2. The molecule has 0 heterocycles. The molecular formula is C16H28N2O3. The maximum Gasteiger partial charge on any atom is 0.323 e. The van der Waals surface area contributed by atoms with E-state index in [4.69, 9.17) is 5.11 Å². The van der Waals surface area contributed by atoms with E-state index in [1.807, 2.05) is 0 Å². The second-order valence-electron chi connectivity index (χ2n) is 6.88. The van der Waals surface area contributed by atoms with Crippen molar-refractivity contribution in [2.75, 3.05) is 19.6 Å². The van der Waals surface area contributed by atoms with Crippen LogP contribution in [0.4, 0.5) is 4.79 Å². The van der Waals surface area contributed by atoms with Gasteiger partial charge in [0, 0.05) is 13.1 Å². The van der Waals surface area contributed by atoms with Crippen LogP contribution in [0.3, 0.4) is 0 Å². The smallest absolute Gasteiger partial charge is 0.323 e. The van der Waals surface area contributed by atoms with Gasteiger partial charge in [0.1, 0.15) is 6.54 Å². The zero-order valence-electron chi connectivity index (χ0n) is 13.0. The Kier molecular flexibility index (Phi) is 5.88. The van der Waals surface area contributed by atoms with Crippen LogP contribution in [-0.4, -0.2) is 41.6 Å². The van der Waals surface area contributed by atoms with Gasteiger partial charge in [-0.1, -0.05) is 26.2 Å². The highest BCUT2D eigenvalue weighted by Gasteiger charge is 2.28. The average molecular weight is 296 g/mol. The molecular weight excluding hydrogens is 268 g/mol. The predicted molar refractivity (Wildman–Crippen MR) is 81.1 cm³/mol. The van der Waals surface area contributed by atoms with Crippen LogP contribution in [0.15, 0.2) is 0 Å². The van der Waals surface area contributed by atoms with Crippen molar-refractivity contribution >= 4 is 12.0 Å². The standard InChI is InChI=1S/C16H28N2O3/c1-12-3-2-4-13(9-12)7-8-17-16(21)18(11-15(19)20)10-14-5-6-14/h12-14H,2-11H2,1H3,(H,17,21)(H,19,20). The minimum atomic E-state index is -0.938. The molecule has 21 heavy (non-hydrogen) atoms. The number of amides is 2. The Morgan fingerprint density at radius 2 is 1.95 bits per heavy atom. The summed E-state index contributed by atoms with van der Waals surface area (Å²) in [5.74, 6) is 1.09. The van der Waals surface area contributed by atoms with E-state index in [1.54, 1.807) is 0 Å². The zero-order valence-corrected chi connectivity index (χ0v) is 13.0. The van der Waals surface area contributed by atoms with Gasteiger partial charge < -0.3 is 15.3 Å². The van der Waals surface area contributed by atoms with Gasteiger partial charge in [-0.25, -0.2) is 4.79 Å². The second kappa shape index (κ2) is 7.66. The summed E-state index contributed by atoms with van der Waals surface area (Å²) < 4.78 is 0. The minimum absolute atomic E-state index is 0.192. The van der Waals surface area contributed by atoms with E-state index < -0.39 is 5.97 Å². The Balaban J connectivity index is 1.69. The number of nitrogens with zero attached hydrogens (tertiary/aromatic N) is 1. The fourth-order valence-corrected chi connectivity index (χ4v) is 3.31. The third-order valence-corrected chi connectivity index (χ3v) is 4.66. The molecule has 120 valence electrons. The Labute approximate surface area is 127 Å². The summed E-state index contributed by atoms with van der Waals surface area (Å²) in [6.07, 6.45) is 8.40. The molecule has 2 N–H and O–H groups in total. The van der Waals surface area contributed by atoms with Gasteiger partial charge in [-0.15, -0.1) is 0 Å². The minimum Gasteiger partial charge on any atom is -0.480 e. The molecule has 2 aliphatic rings. The van der Waals surface area contributed by atoms with Crippen molar-refractivity contribution in [1.82, 2.24) is 10.2 Å². The highest BCUT2D eigenvalue weighted by atomic mass is 16.4. The molecule has 5 nitrogen and oxygen atoms in total. The number of carboxylic acid groups (broad SMARTS) is 1. The molecule has 0 aliphatic heterocycles. The Bertz CT molecular complexity index is 369. The molecule has 2 atom stereocenters. The fraction of sp³-hybridized carbons (Fsp3) is 0.875. The molecule has 2 aliphatic carbocycles. The Morgan fingerprint density at radius 3 is 2.57 bits per heavy atom. The van der Waals surface area contributed by atoms with Crippen LogP contribution in [-0.2, 0) is 4.79 Å². The number of carboxylic acids is 1. The third-order valence-electron chi connectivity index (χ3n) is 4.66. The van der Waals surface area contributed by atoms with E-state index in [1.165, 1.54) is 30.6 Å². The molecule has 2 saturated carbocycles. The van der Waals surface area contributed by atoms with E-state index in [2.05, 4.69) is 12.2 Å². The van der Waals surface area contributed by atoms with Crippen molar-refractivity contribution in [3.63, 3.8) is 0 Å². The lowest BCUT2D eigenvalue weighted by Crippen LogP contribution is -2.44. The Hall–Kier alpha value is -1.26. The average Bonchev–Trinajstić information content (AvgIpc) is 3.21. The Morgan fingerprint density at radius 1 is 1.19 bits per heavy atom. The first-order chi connectivity index (χ1) is 10.0. The largest absolute Gasteiger partial charge is 0.480 e. The van der Waals surface area contributed by atoms with Crippen LogP contribution in [0.1, 0.15) is 51.9 Å². The van der Waals surface area contributed by atoms with E-state index in [0.29, 0.717) is 24.9 Å². The monoisotopic (exact) mass is 296 g/mol. The van der Waals surface area contributed by atoms with Crippen molar-refractivity contribution in [2.24, 2.45) is 17.8 Å². The van der Waals surface area contributed by atoms with E-state index >= 15 is 0 Å². The van der Waals surface area contributed by atoms with Crippen LogP contribution in [0.5, 0.6) is 0 Å². The molecule has 0 aromatic rings. The first-order valence-corrected chi connectivity index (χ1v) is 8.29. The van der Waals surface area contributed by atoms with Gasteiger partial charge in [-0.3, -0.25) is 4.79 Å². The molecule has 0 spiro atoms. The summed E-state index contributed by atoms with van der Waals surface area (Å²) in [5, 5.41) is 11.8. The summed E-state index contributed by atoms with van der Waals surface area (Å²) >= 11 is 0. The molecule has 0 radical (unpaired) electrons. The second-order valence-corrected chi connectivity index (χ2v) is 6.88. The van der Waals surface area contributed by atoms with Crippen LogP contribution < -0.4 is 5.32 Å². The molecule has 0 saturated heterocycles. The molecule has 0 aromatic heterocycles. The first kappa shape index (κ1) is 16.1. The normalized spacial score (nSPS) is 25.4. The number of carbonyl (C=O) groups is 2. The highest BCUT2D eigenvalue weighted by molar-refractivity contribution is 5.80. The van der Waals surface area contributed by atoms with Gasteiger partial charge in [0.05, 0.1) is 0 Å². The van der Waals surface area contributed by atoms with Crippen molar-refractivity contribution in [1.29, 1.82) is 0 Å². The van der Waals surface area contributed by atoms with Crippen molar-refractivity contribution < 1.29 is 14.7 Å². The van der Waals surface area contributed by atoms with Gasteiger partial charge in [0.2, 0.25) is 0 Å². The number of aliphatic carboxylic acids is 1. The van der Waals surface area contributed by atoms with E-state index in [9.17, 15) is 9.59 Å². The van der Waals surface area contributed by atoms with Gasteiger partial charge in [0.25, 0.3) is 0 Å². The SMILES string of the molecule is CC1CCCC(CCNC(=O)N(CC(=O)O)CC2CC2)C1. The topological polar surface area (TPSA) is 69.6 Å². The number of hydrogen-bond acceptors (Lipinski definition) is 2. The van der Waals surface area contributed by atoms with Crippen LogP contribution in [0.25, 0.3) is 0 Å². The van der Waals surface area contributed by atoms with Gasteiger partial charge in [0.15, 0.2) is 0 Å². The van der Waals surface area contributed by atoms with Crippen LogP contribution in [0.2, 0.25) is 0 Å². The maximum atomic E-state index is 12.1. The number of rotatable bonds is 7. The van der Waals surface area contributed by atoms with Gasteiger partial charge in [-0.2, -0.15) is 0 Å². The molecule has 0 bridgehead atoms.